The molecule has 0 unspecified atom stereocenters. The van der Waals surface area contributed by atoms with Crippen molar-refractivity contribution in [3.8, 4) is 17.2 Å². The zero-order valence-electron chi connectivity index (χ0n) is 13.5. The van der Waals surface area contributed by atoms with E-state index in [2.05, 4.69) is 21.2 Å². The highest BCUT2D eigenvalue weighted by atomic mass is 79.9. The van der Waals surface area contributed by atoms with Crippen molar-refractivity contribution < 1.29 is 24.2 Å². The topological polar surface area (TPSA) is 84.9 Å². The third kappa shape index (κ3) is 5.52. The van der Waals surface area contributed by atoms with Crippen LogP contribution in [0.5, 0.6) is 17.2 Å². The van der Waals surface area contributed by atoms with Gasteiger partial charge in [0.05, 0.1) is 21.1 Å². The summed E-state index contributed by atoms with van der Waals surface area (Å²) in [6, 6.07) is 7.44. The fourth-order valence-corrected chi connectivity index (χ4v) is 2.87. The molecule has 0 radical (unpaired) electrons. The molecule has 0 saturated carbocycles. The van der Waals surface area contributed by atoms with Gasteiger partial charge in [0.25, 0.3) is 0 Å². The first-order valence-corrected chi connectivity index (χ1v) is 8.96. The van der Waals surface area contributed by atoms with E-state index in [1.165, 1.54) is 18.2 Å². The van der Waals surface area contributed by atoms with Gasteiger partial charge in [-0.3, -0.25) is 9.59 Å². The Kier molecular flexibility index (Phi) is 7.14. The predicted molar refractivity (Wildman–Crippen MR) is 102 cm³/mol. The second-order valence-electron chi connectivity index (χ2n) is 5.01. The van der Waals surface area contributed by atoms with Gasteiger partial charge in [0.15, 0.2) is 5.75 Å². The van der Waals surface area contributed by atoms with Gasteiger partial charge in [-0.05, 0) is 53.2 Å². The zero-order chi connectivity index (χ0) is 19.3. The molecule has 0 aliphatic carbocycles. The fraction of sp³-hybridized carbons (Fsp3) is 0.176. The summed E-state index contributed by atoms with van der Waals surface area (Å²) < 4.78 is 10.8. The molecule has 0 fully saturated rings. The molecule has 0 aliphatic heterocycles. The van der Waals surface area contributed by atoms with E-state index in [1.54, 1.807) is 19.1 Å². The number of hydrogen-bond donors (Lipinski definition) is 2. The largest absolute Gasteiger partial charge is 0.507 e. The second-order valence-corrected chi connectivity index (χ2v) is 6.68. The molecule has 2 rings (SSSR count). The lowest BCUT2D eigenvalue weighted by Gasteiger charge is -2.13. The van der Waals surface area contributed by atoms with Crippen LogP contribution in [0.4, 0.5) is 5.69 Å². The van der Waals surface area contributed by atoms with E-state index in [4.69, 9.17) is 32.7 Å². The molecule has 0 bridgehead atoms. The zero-order valence-corrected chi connectivity index (χ0v) is 16.6. The van der Waals surface area contributed by atoms with Crippen LogP contribution in [0.25, 0.3) is 0 Å². The summed E-state index contributed by atoms with van der Waals surface area (Å²) in [4.78, 5) is 23.1. The number of carbonyl (C=O) groups is 2. The van der Waals surface area contributed by atoms with Crippen LogP contribution < -0.4 is 10.1 Å². The van der Waals surface area contributed by atoms with Gasteiger partial charge in [-0.15, -0.1) is 0 Å². The van der Waals surface area contributed by atoms with E-state index in [1.807, 2.05) is 0 Å². The summed E-state index contributed by atoms with van der Waals surface area (Å²) in [5.41, 5.74) is 0.313. The molecule has 1 amide bonds. The monoisotopic (exact) mass is 461 g/mol. The third-order valence-electron chi connectivity index (χ3n) is 3.03. The van der Waals surface area contributed by atoms with Crippen LogP contribution in [0.2, 0.25) is 10.0 Å². The van der Waals surface area contributed by atoms with Gasteiger partial charge >= 0.3 is 5.97 Å². The van der Waals surface area contributed by atoms with E-state index in [-0.39, 0.29) is 28.2 Å². The number of ether oxygens (including phenoxy) is 2. The van der Waals surface area contributed by atoms with Gasteiger partial charge in [0.1, 0.15) is 17.9 Å². The first-order valence-electron chi connectivity index (χ1n) is 7.41. The number of carbonyl (C=O) groups excluding carboxylic acids is 2. The van der Waals surface area contributed by atoms with Crippen molar-refractivity contribution in [2.24, 2.45) is 0 Å². The second kappa shape index (κ2) is 9.12. The lowest BCUT2D eigenvalue weighted by atomic mass is 10.2. The number of anilines is 1. The summed E-state index contributed by atoms with van der Waals surface area (Å²) in [6.45, 7) is 1.85. The van der Waals surface area contributed by atoms with Crippen molar-refractivity contribution in [3.63, 3.8) is 0 Å². The van der Waals surface area contributed by atoms with Crippen molar-refractivity contribution in [1.82, 2.24) is 0 Å². The minimum absolute atomic E-state index is 0.0641. The molecule has 2 N–H and O–H groups in total. The molecule has 9 heteroatoms. The molecule has 2 aromatic carbocycles. The van der Waals surface area contributed by atoms with Crippen molar-refractivity contribution in [3.05, 3.63) is 44.8 Å². The first-order chi connectivity index (χ1) is 12.3. The summed E-state index contributed by atoms with van der Waals surface area (Å²) in [5.74, 6) is -0.520. The summed E-state index contributed by atoms with van der Waals surface area (Å²) in [6.07, 6.45) is -0.414. The SMILES string of the molecule is CCOC(=O)CC(=O)Nc1cc(Cl)c(Oc2ccc(O)c(Br)c2)c(Cl)c1. The van der Waals surface area contributed by atoms with Gasteiger partial charge in [0.2, 0.25) is 5.91 Å². The lowest BCUT2D eigenvalue weighted by Crippen LogP contribution is -2.18. The molecular formula is C17H14BrCl2NO5. The normalized spacial score (nSPS) is 10.3. The number of phenolic OH excluding ortho intramolecular Hbond substituents is 1. The maximum absolute atomic E-state index is 11.8. The highest BCUT2D eigenvalue weighted by Crippen LogP contribution is 2.40. The van der Waals surface area contributed by atoms with Gasteiger partial charge in [-0.2, -0.15) is 0 Å². The quantitative estimate of drug-likeness (QED) is 0.458. The molecule has 6 nitrogen and oxygen atoms in total. The van der Waals surface area contributed by atoms with E-state index < -0.39 is 18.3 Å². The number of phenols is 1. The number of rotatable bonds is 6. The van der Waals surface area contributed by atoms with Gasteiger partial charge in [-0.1, -0.05) is 23.2 Å². The van der Waals surface area contributed by atoms with Crippen LogP contribution in [0.1, 0.15) is 13.3 Å². The molecule has 0 aromatic heterocycles. The van der Waals surface area contributed by atoms with E-state index >= 15 is 0 Å². The Morgan fingerprint density at radius 1 is 1.19 bits per heavy atom. The first kappa shape index (κ1) is 20.4. The summed E-state index contributed by atoms with van der Waals surface area (Å²) >= 11 is 15.5. The van der Waals surface area contributed by atoms with Crippen LogP contribution in [0, 0.1) is 0 Å². The molecule has 0 saturated heterocycles. The maximum Gasteiger partial charge on any atom is 0.315 e. The van der Waals surface area contributed by atoms with Crippen molar-refractivity contribution >= 4 is 56.7 Å². The van der Waals surface area contributed by atoms with Crippen molar-refractivity contribution in [2.45, 2.75) is 13.3 Å². The van der Waals surface area contributed by atoms with Crippen LogP contribution in [0.15, 0.2) is 34.8 Å². The Hall–Kier alpha value is -1.96. The summed E-state index contributed by atoms with van der Waals surface area (Å²) in [7, 11) is 0. The smallest absolute Gasteiger partial charge is 0.315 e. The minimum Gasteiger partial charge on any atom is -0.507 e. The Balaban J connectivity index is 2.13. The minimum atomic E-state index is -0.625. The van der Waals surface area contributed by atoms with Crippen LogP contribution in [-0.4, -0.2) is 23.6 Å². The van der Waals surface area contributed by atoms with Crippen LogP contribution >= 0.6 is 39.1 Å². The fourth-order valence-electron chi connectivity index (χ4n) is 1.95. The molecule has 26 heavy (non-hydrogen) atoms. The summed E-state index contributed by atoms with van der Waals surface area (Å²) in [5, 5.41) is 12.3. The molecule has 0 spiro atoms. The standard InChI is InChI=1S/C17H14BrCl2NO5/c1-2-25-16(24)8-15(23)21-9-5-12(19)17(13(20)6-9)26-10-3-4-14(22)11(18)7-10/h3-7,22H,2,8H2,1H3,(H,21,23). The number of benzene rings is 2. The van der Waals surface area contributed by atoms with Crippen molar-refractivity contribution in [2.75, 3.05) is 11.9 Å². The number of aromatic hydroxyl groups is 1. The Labute approximate surface area is 168 Å². The molecule has 2 aromatic rings. The van der Waals surface area contributed by atoms with Gasteiger partial charge < -0.3 is 19.9 Å². The van der Waals surface area contributed by atoms with Crippen LogP contribution in [0.3, 0.4) is 0 Å². The van der Waals surface area contributed by atoms with Crippen molar-refractivity contribution in [1.29, 1.82) is 0 Å². The van der Waals surface area contributed by atoms with Gasteiger partial charge in [0, 0.05) is 5.69 Å². The van der Waals surface area contributed by atoms with E-state index in [0.29, 0.717) is 15.9 Å². The van der Waals surface area contributed by atoms with Gasteiger partial charge in [-0.25, -0.2) is 0 Å². The highest BCUT2D eigenvalue weighted by molar-refractivity contribution is 9.10. The maximum atomic E-state index is 11.8. The number of nitrogens with one attached hydrogen (secondary N) is 1. The Morgan fingerprint density at radius 3 is 2.42 bits per heavy atom. The molecule has 0 aliphatic rings. The number of hydrogen-bond acceptors (Lipinski definition) is 5. The third-order valence-corrected chi connectivity index (χ3v) is 4.23. The Morgan fingerprint density at radius 2 is 1.85 bits per heavy atom. The molecule has 0 heterocycles. The molecular weight excluding hydrogens is 449 g/mol. The molecule has 0 atom stereocenters. The number of esters is 1. The number of amides is 1. The predicted octanol–water partition coefficient (Wildman–Crippen LogP) is 5.15. The van der Waals surface area contributed by atoms with Crippen LogP contribution in [-0.2, 0) is 14.3 Å². The number of halogens is 3. The average Bonchev–Trinajstić information content (AvgIpc) is 2.54. The highest BCUT2D eigenvalue weighted by Gasteiger charge is 2.15. The lowest BCUT2D eigenvalue weighted by molar-refractivity contribution is -0.145. The van der Waals surface area contributed by atoms with E-state index in [0.717, 1.165) is 0 Å². The average molecular weight is 463 g/mol. The Bertz CT molecular complexity index is 821. The van der Waals surface area contributed by atoms with E-state index in [9.17, 15) is 14.7 Å². The molecule has 138 valence electrons.